The van der Waals surface area contributed by atoms with Gasteiger partial charge in [0.05, 0.1) is 33.0 Å². The van der Waals surface area contributed by atoms with Gasteiger partial charge in [0, 0.05) is 51.4 Å². The fourth-order valence-corrected chi connectivity index (χ4v) is 16.7. The second-order valence-electron chi connectivity index (χ2n) is 22.0. The van der Waals surface area contributed by atoms with Crippen molar-refractivity contribution in [2.75, 3.05) is 46.9 Å². The van der Waals surface area contributed by atoms with Gasteiger partial charge in [-0.25, -0.2) is 0 Å². The second kappa shape index (κ2) is 29.7. The van der Waals surface area contributed by atoms with Gasteiger partial charge in [0.2, 0.25) is 0 Å². The molecule has 1 heterocycles. The minimum absolute atomic E-state index is 0.0260. The Morgan fingerprint density at radius 1 is 0.725 bits per heavy atom. The summed E-state index contributed by atoms with van der Waals surface area (Å²) in [6.45, 7) is 31.2. The Morgan fingerprint density at radius 2 is 1.35 bits per heavy atom. The van der Waals surface area contributed by atoms with Crippen LogP contribution in [0.3, 0.4) is 0 Å². The molecule has 0 amide bonds. The fourth-order valence-electron chi connectivity index (χ4n) is 10.5. The van der Waals surface area contributed by atoms with E-state index >= 15 is 0 Å². The predicted molar refractivity (Wildman–Crippen MR) is 288 cm³/mol. The average Bonchev–Trinajstić information content (AvgIpc) is 3.33. The van der Waals surface area contributed by atoms with Crippen molar-refractivity contribution in [3.8, 4) is 5.75 Å². The third kappa shape index (κ3) is 18.1. The molecule has 4 rings (SSSR count). The lowest BCUT2D eigenvalue weighted by Gasteiger charge is -2.51. The monoisotopic (exact) mass is 991 g/mol. The molecule has 1 N–H and O–H groups in total. The highest BCUT2D eigenvalue weighted by Gasteiger charge is 2.53. The van der Waals surface area contributed by atoms with Crippen LogP contribution in [-0.2, 0) is 46.1 Å². The third-order valence-corrected chi connectivity index (χ3v) is 22.5. The summed E-state index contributed by atoms with van der Waals surface area (Å²) in [5.41, 5.74) is 3.79. The van der Waals surface area contributed by atoms with Gasteiger partial charge in [-0.05, 0) is 83.4 Å². The van der Waals surface area contributed by atoms with Crippen LogP contribution in [0.1, 0.15) is 117 Å². The quantitative estimate of drug-likeness (QED) is 0.0277. The first-order chi connectivity index (χ1) is 33.0. The van der Waals surface area contributed by atoms with Gasteiger partial charge in [-0.2, -0.15) is 0 Å². The van der Waals surface area contributed by atoms with Gasteiger partial charge >= 0.3 is 0 Å². The molecular formula is C58H94O9Si2. The van der Waals surface area contributed by atoms with Gasteiger partial charge in [0.15, 0.2) is 14.6 Å². The summed E-state index contributed by atoms with van der Waals surface area (Å²) in [7, 11) is -2.00. The van der Waals surface area contributed by atoms with Gasteiger partial charge in [-0.1, -0.05) is 173 Å². The molecule has 69 heavy (non-hydrogen) atoms. The van der Waals surface area contributed by atoms with Crippen LogP contribution in [0.2, 0.25) is 42.3 Å². The smallest absolute Gasteiger partial charge is 0.200 e. The molecule has 0 aromatic heterocycles. The van der Waals surface area contributed by atoms with E-state index in [1.165, 1.54) is 0 Å². The van der Waals surface area contributed by atoms with Gasteiger partial charge in [-0.15, -0.1) is 0 Å². The molecule has 388 valence electrons. The number of unbranched alkanes of at least 4 members (excludes halogenated alkanes) is 1. The summed E-state index contributed by atoms with van der Waals surface area (Å²) in [5, 5.41) is 12.2. The number of methoxy groups -OCH3 is 1. The molecule has 0 spiro atoms. The van der Waals surface area contributed by atoms with Crippen molar-refractivity contribution in [2.45, 2.75) is 175 Å². The first-order valence-electron chi connectivity index (χ1n) is 26.3. The summed E-state index contributed by atoms with van der Waals surface area (Å²) in [4.78, 5) is 0. The van der Waals surface area contributed by atoms with Crippen molar-refractivity contribution in [1.82, 2.24) is 0 Å². The first kappa shape index (κ1) is 58.9. The highest BCUT2D eigenvalue weighted by Crippen LogP contribution is 2.49. The normalized spacial score (nSPS) is 20.4. The maximum absolute atomic E-state index is 12.2. The Bertz CT molecular complexity index is 1820. The number of aliphatic hydroxyl groups excluding tert-OH is 1. The number of hydrogen-bond acceptors (Lipinski definition) is 9. The van der Waals surface area contributed by atoms with Crippen molar-refractivity contribution < 1.29 is 42.7 Å². The zero-order valence-corrected chi connectivity index (χ0v) is 47.1. The molecular weight excluding hydrogens is 897 g/mol. The minimum Gasteiger partial charge on any atom is -0.497 e. The van der Waals surface area contributed by atoms with E-state index in [2.05, 4.69) is 131 Å². The molecule has 1 saturated heterocycles. The molecule has 0 bridgehead atoms. The summed E-state index contributed by atoms with van der Waals surface area (Å²) in [6, 6.07) is 29.7. The van der Waals surface area contributed by atoms with Crippen LogP contribution in [0.5, 0.6) is 5.75 Å². The first-order valence-corrected chi connectivity index (χ1v) is 32.1. The number of ether oxygens (including phenoxy) is 7. The lowest BCUT2D eigenvalue weighted by Crippen LogP contribution is -2.58. The summed E-state index contributed by atoms with van der Waals surface area (Å²) in [6.07, 6.45) is 6.44. The van der Waals surface area contributed by atoms with Crippen LogP contribution in [0, 0.1) is 23.2 Å². The van der Waals surface area contributed by atoms with Gasteiger partial charge < -0.3 is 42.7 Å². The Balaban J connectivity index is 1.77. The highest BCUT2D eigenvalue weighted by atomic mass is 28.4. The Morgan fingerprint density at radius 3 is 1.94 bits per heavy atom. The van der Waals surface area contributed by atoms with Crippen LogP contribution < -0.4 is 4.74 Å². The van der Waals surface area contributed by atoms with Gasteiger partial charge in [0.25, 0.3) is 0 Å². The second-order valence-corrected chi connectivity index (χ2v) is 33.1. The molecule has 9 nitrogen and oxygen atoms in total. The van der Waals surface area contributed by atoms with Crippen molar-refractivity contribution in [1.29, 1.82) is 0 Å². The Labute approximate surface area is 421 Å². The lowest BCUT2D eigenvalue weighted by atomic mass is 9.63. The topological polar surface area (TPSA) is 94.1 Å². The zero-order valence-electron chi connectivity index (χ0n) is 45.1. The Kier molecular flexibility index (Phi) is 25.4. The van der Waals surface area contributed by atoms with E-state index in [1.54, 1.807) is 7.11 Å². The Hall–Kier alpha value is -2.69. The van der Waals surface area contributed by atoms with Gasteiger partial charge in [-0.3, -0.25) is 0 Å². The molecule has 8 atom stereocenters. The molecule has 1 aliphatic rings. The molecule has 0 saturated carbocycles. The number of benzene rings is 3. The largest absolute Gasteiger partial charge is 0.497 e. The van der Waals surface area contributed by atoms with Gasteiger partial charge in [0.1, 0.15) is 24.8 Å². The molecule has 3 aromatic carbocycles. The third-order valence-electron chi connectivity index (χ3n) is 14.7. The molecule has 1 aliphatic heterocycles. The standard InChI is InChI=1S/C58H94O9Si2/c1-14-15-28-53(58(42-59,33-22-23-34-61-39-50-29-31-52(60-10)32-30-50)37-47(8)48(9)38-63-40-49-24-18-16-19-25-49)55-56(64-43-62-35-36-68(11,12)13)54(66-57(67-55)51-26-20-17-21-27-51)41-65-69(44(2)3,45(4)5)46(6)7/h15-21,24-32,44-48,53-57,59H,14,22-23,33-43H2,1-13H3/b28-15+/t47-,48-,53+,54+,55-,56+,57+,58-/m0/s1. The molecule has 3 aromatic rings. The van der Waals surface area contributed by atoms with Crippen molar-refractivity contribution in [3.05, 3.63) is 114 Å². The molecule has 11 heteroatoms. The van der Waals surface area contributed by atoms with E-state index in [0.717, 1.165) is 60.6 Å². The average molecular weight is 992 g/mol. The van der Waals surface area contributed by atoms with E-state index in [4.69, 9.17) is 37.6 Å². The number of allylic oxidation sites excluding steroid dienone is 1. The fraction of sp³-hybridized carbons (Fsp3) is 0.655. The predicted octanol–water partition coefficient (Wildman–Crippen LogP) is 14.2. The maximum Gasteiger partial charge on any atom is 0.200 e. The van der Waals surface area contributed by atoms with E-state index in [1.807, 2.05) is 48.5 Å². The van der Waals surface area contributed by atoms with Crippen LogP contribution >= 0.6 is 0 Å². The summed E-state index contributed by atoms with van der Waals surface area (Å²) in [5.74, 6) is 1.01. The maximum atomic E-state index is 12.2. The summed E-state index contributed by atoms with van der Waals surface area (Å²) < 4.78 is 53.2. The zero-order chi connectivity index (χ0) is 50.5. The molecule has 1 fully saturated rings. The van der Waals surface area contributed by atoms with Crippen LogP contribution in [-0.4, -0.2) is 86.7 Å². The van der Waals surface area contributed by atoms with E-state index in [-0.39, 0.29) is 31.2 Å². The van der Waals surface area contributed by atoms with Crippen molar-refractivity contribution in [2.24, 2.45) is 23.2 Å². The lowest BCUT2D eigenvalue weighted by molar-refractivity contribution is -0.324. The van der Waals surface area contributed by atoms with Crippen LogP contribution in [0.15, 0.2) is 97.1 Å². The van der Waals surface area contributed by atoms with Crippen LogP contribution in [0.25, 0.3) is 0 Å². The van der Waals surface area contributed by atoms with E-state index in [0.29, 0.717) is 56.3 Å². The van der Waals surface area contributed by atoms with Crippen LogP contribution in [0.4, 0.5) is 0 Å². The SMILES string of the molecule is CC/C=C/[C@H]([C@@H]1O[C@H](c2ccccc2)O[C@H](CO[Si](C(C)C)(C(C)C)C(C)C)[C@H]1OCOCC[Si](C)(C)C)[C@@](CO)(CCCCOCc1ccc(OC)cc1)C[C@H](C)[C@@H](C)COCc1ccccc1. The van der Waals surface area contributed by atoms with E-state index in [9.17, 15) is 5.11 Å². The summed E-state index contributed by atoms with van der Waals surface area (Å²) >= 11 is 0. The molecule has 0 radical (unpaired) electrons. The molecule has 0 aliphatic carbocycles. The molecule has 0 unspecified atom stereocenters. The number of hydrogen-bond donors (Lipinski definition) is 1. The number of aliphatic hydroxyl groups is 1. The minimum atomic E-state index is -2.33. The highest BCUT2D eigenvalue weighted by molar-refractivity contribution is 6.77. The number of rotatable bonds is 33. The van der Waals surface area contributed by atoms with Crippen molar-refractivity contribution in [3.63, 3.8) is 0 Å². The van der Waals surface area contributed by atoms with E-state index < -0.39 is 46.4 Å². The van der Waals surface area contributed by atoms with Crippen molar-refractivity contribution >= 4 is 16.4 Å².